The Morgan fingerprint density at radius 2 is 1.72 bits per heavy atom. The molecule has 0 aliphatic carbocycles. The minimum atomic E-state index is -0.0786. The molecule has 2 heterocycles. The molecule has 0 atom stereocenters. The van der Waals surface area contributed by atoms with E-state index in [1.807, 2.05) is 30.3 Å². The Morgan fingerprint density at radius 1 is 1.00 bits per heavy atom. The van der Waals surface area contributed by atoms with Gasteiger partial charge in [-0.25, -0.2) is 9.97 Å². The molecule has 0 radical (unpaired) electrons. The summed E-state index contributed by atoms with van der Waals surface area (Å²) < 4.78 is 0. The zero-order valence-corrected chi connectivity index (χ0v) is 16.8. The van der Waals surface area contributed by atoms with E-state index in [9.17, 15) is 9.59 Å². The molecule has 3 rings (SSSR count). The SMILES string of the molecule is CC(=O)NCCNc1cc(NC(=O)CN2CCCCC2)nc(-c2ccccc2)n1. The number of carbonyl (C=O) groups excluding carboxylic acids is 2. The van der Waals surface area contributed by atoms with Crippen molar-refractivity contribution in [3.63, 3.8) is 0 Å². The molecule has 154 valence electrons. The molecule has 2 aromatic rings. The number of hydrogen-bond acceptors (Lipinski definition) is 6. The smallest absolute Gasteiger partial charge is 0.239 e. The molecule has 2 amide bonds. The highest BCUT2D eigenvalue weighted by atomic mass is 16.2. The van der Waals surface area contributed by atoms with Crippen molar-refractivity contribution in [3.8, 4) is 11.4 Å². The summed E-state index contributed by atoms with van der Waals surface area (Å²) in [5, 5.41) is 8.82. The minimum absolute atomic E-state index is 0.0752. The number of benzene rings is 1. The van der Waals surface area contributed by atoms with Crippen molar-refractivity contribution in [1.82, 2.24) is 20.2 Å². The molecule has 0 spiro atoms. The van der Waals surface area contributed by atoms with Gasteiger partial charge >= 0.3 is 0 Å². The summed E-state index contributed by atoms with van der Waals surface area (Å²) in [4.78, 5) is 34.8. The van der Waals surface area contributed by atoms with E-state index in [1.54, 1.807) is 6.07 Å². The van der Waals surface area contributed by atoms with Crippen LogP contribution in [0.4, 0.5) is 11.6 Å². The second kappa shape index (κ2) is 10.5. The molecule has 1 fully saturated rings. The van der Waals surface area contributed by atoms with Crippen LogP contribution in [0.15, 0.2) is 36.4 Å². The molecule has 1 aromatic heterocycles. The van der Waals surface area contributed by atoms with E-state index in [0.29, 0.717) is 37.1 Å². The number of nitrogens with zero attached hydrogens (tertiary/aromatic N) is 3. The third kappa shape index (κ3) is 6.83. The van der Waals surface area contributed by atoms with E-state index >= 15 is 0 Å². The Morgan fingerprint density at radius 3 is 2.45 bits per heavy atom. The first-order chi connectivity index (χ1) is 14.1. The van der Waals surface area contributed by atoms with Crippen LogP contribution in [0, 0.1) is 0 Å². The molecule has 1 aliphatic rings. The van der Waals surface area contributed by atoms with Crippen molar-refractivity contribution < 1.29 is 9.59 Å². The summed E-state index contributed by atoms with van der Waals surface area (Å²) in [6.45, 7) is 4.78. The van der Waals surface area contributed by atoms with Gasteiger partial charge in [-0.3, -0.25) is 14.5 Å². The molecule has 0 bridgehead atoms. The number of nitrogens with one attached hydrogen (secondary N) is 3. The maximum atomic E-state index is 12.5. The van der Waals surface area contributed by atoms with Crippen molar-refractivity contribution in [2.45, 2.75) is 26.2 Å². The second-order valence-corrected chi connectivity index (χ2v) is 7.12. The predicted octanol–water partition coefficient (Wildman–Crippen LogP) is 2.12. The van der Waals surface area contributed by atoms with Crippen LogP contribution >= 0.6 is 0 Å². The van der Waals surface area contributed by atoms with E-state index in [4.69, 9.17) is 0 Å². The van der Waals surface area contributed by atoms with Crippen molar-refractivity contribution in [3.05, 3.63) is 36.4 Å². The average molecular weight is 396 g/mol. The fourth-order valence-electron chi connectivity index (χ4n) is 3.25. The third-order valence-corrected chi connectivity index (χ3v) is 4.65. The number of amides is 2. The van der Waals surface area contributed by atoms with Crippen molar-refractivity contribution in [2.24, 2.45) is 0 Å². The number of likely N-dealkylation sites (tertiary alicyclic amines) is 1. The van der Waals surface area contributed by atoms with Gasteiger partial charge in [0, 0.05) is 31.6 Å². The maximum absolute atomic E-state index is 12.5. The van der Waals surface area contributed by atoms with Gasteiger partial charge in [0.25, 0.3) is 0 Å². The molecule has 0 saturated carbocycles. The lowest BCUT2D eigenvalue weighted by atomic mass is 10.1. The normalized spacial score (nSPS) is 14.2. The number of anilines is 2. The van der Waals surface area contributed by atoms with Crippen molar-refractivity contribution >= 4 is 23.5 Å². The van der Waals surface area contributed by atoms with Crippen LogP contribution in [0.1, 0.15) is 26.2 Å². The molecule has 0 unspecified atom stereocenters. The lowest BCUT2D eigenvalue weighted by Crippen LogP contribution is -2.37. The quantitative estimate of drug-likeness (QED) is 0.591. The molecule has 1 aliphatic heterocycles. The first-order valence-electron chi connectivity index (χ1n) is 10.1. The van der Waals surface area contributed by atoms with Crippen LogP contribution in [0.25, 0.3) is 11.4 Å². The van der Waals surface area contributed by atoms with E-state index in [-0.39, 0.29) is 11.8 Å². The average Bonchev–Trinajstić information content (AvgIpc) is 2.72. The fraction of sp³-hybridized carbons (Fsp3) is 0.429. The summed E-state index contributed by atoms with van der Waals surface area (Å²) in [6.07, 6.45) is 3.51. The predicted molar refractivity (Wildman–Crippen MR) is 114 cm³/mol. The summed E-state index contributed by atoms with van der Waals surface area (Å²) in [5.41, 5.74) is 0.865. The summed E-state index contributed by atoms with van der Waals surface area (Å²) >= 11 is 0. The highest BCUT2D eigenvalue weighted by Crippen LogP contribution is 2.20. The molecule has 3 N–H and O–H groups in total. The van der Waals surface area contributed by atoms with Gasteiger partial charge in [-0.15, -0.1) is 0 Å². The number of aromatic nitrogens is 2. The number of rotatable bonds is 8. The molecule has 1 saturated heterocycles. The number of hydrogen-bond donors (Lipinski definition) is 3. The first-order valence-corrected chi connectivity index (χ1v) is 10.1. The number of piperidine rings is 1. The van der Waals surface area contributed by atoms with E-state index in [0.717, 1.165) is 31.5 Å². The standard InChI is InChI=1S/C21H28N6O2/c1-16(28)22-10-11-23-18-14-19(24-20(29)15-27-12-6-3-7-13-27)26-21(25-18)17-8-4-2-5-9-17/h2,4-5,8-9,14H,3,6-7,10-13,15H2,1H3,(H,22,28)(H2,23,24,25,26,29). The molecule has 29 heavy (non-hydrogen) atoms. The van der Waals surface area contributed by atoms with E-state index in [2.05, 4.69) is 30.8 Å². The van der Waals surface area contributed by atoms with Gasteiger partial charge in [0.1, 0.15) is 11.6 Å². The van der Waals surface area contributed by atoms with Crippen LogP contribution in [0.3, 0.4) is 0 Å². The maximum Gasteiger partial charge on any atom is 0.239 e. The Kier molecular flexibility index (Phi) is 7.52. The Balaban J connectivity index is 1.71. The van der Waals surface area contributed by atoms with Crippen LogP contribution < -0.4 is 16.0 Å². The van der Waals surface area contributed by atoms with Gasteiger partial charge < -0.3 is 16.0 Å². The van der Waals surface area contributed by atoms with E-state index in [1.165, 1.54) is 13.3 Å². The first kappa shape index (κ1) is 20.7. The lowest BCUT2D eigenvalue weighted by Gasteiger charge is -2.25. The van der Waals surface area contributed by atoms with Gasteiger partial charge in [0.2, 0.25) is 11.8 Å². The van der Waals surface area contributed by atoms with E-state index < -0.39 is 0 Å². The Bertz CT molecular complexity index is 821. The Hall–Kier alpha value is -3.00. The summed E-state index contributed by atoms with van der Waals surface area (Å²) in [6, 6.07) is 11.3. The zero-order chi connectivity index (χ0) is 20.5. The topological polar surface area (TPSA) is 99.2 Å². The summed E-state index contributed by atoms with van der Waals surface area (Å²) in [5.74, 6) is 1.43. The third-order valence-electron chi connectivity index (χ3n) is 4.65. The van der Waals surface area contributed by atoms with Crippen LogP contribution in [0.5, 0.6) is 0 Å². The lowest BCUT2D eigenvalue weighted by molar-refractivity contribution is -0.119. The highest BCUT2D eigenvalue weighted by molar-refractivity contribution is 5.92. The van der Waals surface area contributed by atoms with Gasteiger partial charge in [-0.05, 0) is 25.9 Å². The van der Waals surface area contributed by atoms with Crippen LogP contribution in [-0.4, -0.2) is 59.4 Å². The van der Waals surface area contributed by atoms with Gasteiger partial charge in [-0.2, -0.15) is 0 Å². The Labute approximate surface area is 171 Å². The molecule has 8 nitrogen and oxygen atoms in total. The fourth-order valence-corrected chi connectivity index (χ4v) is 3.25. The van der Waals surface area contributed by atoms with Crippen molar-refractivity contribution in [2.75, 3.05) is 43.4 Å². The largest absolute Gasteiger partial charge is 0.368 e. The van der Waals surface area contributed by atoms with Crippen LogP contribution in [-0.2, 0) is 9.59 Å². The van der Waals surface area contributed by atoms with Gasteiger partial charge in [0.15, 0.2) is 5.82 Å². The zero-order valence-electron chi connectivity index (χ0n) is 16.8. The molecular formula is C21H28N6O2. The van der Waals surface area contributed by atoms with Crippen molar-refractivity contribution in [1.29, 1.82) is 0 Å². The minimum Gasteiger partial charge on any atom is -0.368 e. The monoisotopic (exact) mass is 396 g/mol. The molecule has 1 aromatic carbocycles. The summed E-state index contributed by atoms with van der Waals surface area (Å²) in [7, 11) is 0. The number of carbonyl (C=O) groups is 2. The van der Waals surface area contributed by atoms with Gasteiger partial charge in [-0.1, -0.05) is 36.8 Å². The molecule has 8 heteroatoms. The van der Waals surface area contributed by atoms with Crippen LogP contribution in [0.2, 0.25) is 0 Å². The highest BCUT2D eigenvalue weighted by Gasteiger charge is 2.15. The second-order valence-electron chi connectivity index (χ2n) is 7.12. The van der Waals surface area contributed by atoms with Gasteiger partial charge in [0.05, 0.1) is 6.54 Å². The molecular weight excluding hydrogens is 368 g/mol.